The maximum Gasteiger partial charge on any atom is 0.308 e. The molecule has 1 atom stereocenters. The SMILES string of the molecule is COC(=O)CC(O)CNCCc1sccc1C. The molecule has 0 amide bonds. The fourth-order valence-electron chi connectivity index (χ4n) is 1.48. The second-order valence-electron chi connectivity index (χ2n) is 3.91. The first-order chi connectivity index (χ1) is 8.13. The van der Waals surface area contributed by atoms with E-state index in [9.17, 15) is 9.90 Å². The second-order valence-corrected chi connectivity index (χ2v) is 4.92. The molecule has 0 aromatic carbocycles. The average Bonchev–Trinajstić information content (AvgIpc) is 2.70. The summed E-state index contributed by atoms with van der Waals surface area (Å²) in [7, 11) is 1.32. The van der Waals surface area contributed by atoms with Gasteiger partial charge in [-0.05, 0) is 30.4 Å². The number of aliphatic hydroxyl groups is 1. The lowest BCUT2D eigenvalue weighted by Crippen LogP contribution is -2.30. The lowest BCUT2D eigenvalue weighted by atomic mass is 10.2. The number of thiophene rings is 1. The number of carbonyl (C=O) groups excluding carboxylic acids is 1. The molecule has 1 aromatic heterocycles. The van der Waals surface area contributed by atoms with Crippen molar-refractivity contribution in [1.29, 1.82) is 0 Å². The van der Waals surface area contributed by atoms with Crippen LogP contribution in [0.5, 0.6) is 0 Å². The van der Waals surface area contributed by atoms with Crippen LogP contribution in [0.15, 0.2) is 11.4 Å². The van der Waals surface area contributed by atoms with Gasteiger partial charge in [-0.3, -0.25) is 4.79 Å². The zero-order valence-electron chi connectivity index (χ0n) is 10.2. The fourth-order valence-corrected chi connectivity index (χ4v) is 2.39. The van der Waals surface area contributed by atoms with E-state index in [0.717, 1.165) is 13.0 Å². The highest BCUT2D eigenvalue weighted by Crippen LogP contribution is 2.15. The second kappa shape index (κ2) is 7.42. The zero-order valence-corrected chi connectivity index (χ0v) is 11.0. The first-order valence-electron chi connectivity index (χ1n) is 5.62. The summed E-state index contributed by atoms with van der Waals surface area (Å²) in [5.74, 6) is -0.381. The van der Waals surface area contributed by atoms with E-state index in [1.807, 2.05) is 0 Å². The Hall–Kier alpha value is -0.910. The molecule has 2 N–H and O–H groups in total. The predicted molar refractivity (Wildman–Crippen MR) is 68.3 cm³/mol. The molecule has 5 heteroatoms. The Labute approximate surface area is 106 Å². The molecule has 0 aliphatic carbocycles. The van der Waals surface area contributed by atoms with Crippen LogP contribution in [-0.2, 0) is 16.0 Å². The summed E-state index contributed by atoms with van der Waals surface area (Å²) in [5, 5.41) is 14.7. The standard InChI is InChI=1S/C12H19NO3S/c1-9-4-6-17-11(9)3-5-13-8-10(14)7-12(15)16-2/h4,6,10,13-14H,3,5,7-8H2,1-2H3. The van der Waals surface area contributed by atoms with Crippen molar-refractivity contribution in [2.24, 2.45) is 0 Å². The van der Waals surface area contributed by atoms with E-state index in [-0.39, 0.29) is 12.4 Å². The molecule has 0 saturated carbocycles. The van der Waals surface area contributed by atoms with E-state index in [1.54, 1.807) is 11.3 Å². The van der Waals surface area contributed by atoms with Crippen molar-refractivity contribution >= 4 is 17.3 Å². The van der Waals surface area contributed by atoms with Crippen LogP contribution in [0.3, 0.4) is 0 Å². The topological polar surface area (TPSA) is 58.6 Å². The molecule has 0 radical (unpaired) electrons. The Morgan fingerprint density at radius 2 is 2.41 bits per heavy atom. The van der Waals surface area contributed by atoms with Gasteiger partial charge < -0.3 is 15.2 Å². The molecular formula is C12H19NO3S. The molecule has 96 valence electrons. The van der Waals surface area contributed by atoms with E-state index in [0.29, 0.717) is 6.54 Å². The van der Waals surface area contributed by atoms with Gasteiger partial charge in [0.05, 0.1) is 19.6 Å². The molecule has 1 aromatic rings. The molecule has 0 bridgehead atoms. The summed E-state index contributed by atoms with van der Waals surface area (Å²) < 4.78 is 4.48. The largest absolute Gasteiger partial charge is 0.469 e. The number of aliphatic hydroxyl groups excluding tert-OH is 1. The van der Waals surface area contributed by atoms with Crippen molar-refractivity contribution in [2.75, 3.05) is 20.2 Å². The minimum atomic E-state index is -0.674. The Bertz CT molecular complexity index is 351. The molecule has 0 fully saturated rings. The molecule has 17 heavy (non-hydrogen) atoms. The summed E-state index contributed by atoms with van der Waals surface area (Å²) in [6.07, 6.45) is 0.322. The van der Waals surface area contributed by atoms with Crippen LogP contribution in [0, 0.1) is 6.92 Å². The minimum Gasteiger partial charge on any atom is -0.469 e. The molecule has 4 nitrogen and oxygen atoms in total. The number of rotatable bonds is 7. The number of carbonyl (C=O) groups is 1. The number of esters is 1. The molecule has 0 aliphatic rings. The summed E-state index contributed by atoms with van der Waals surface area (Å²) >= 11 is 1.75. The van der Waals surface area contributed by atoms with Crippen molar-refractivity contribution in [1.82, 2.24) is 5.32 Å². The lowest BCUT2D eigenvalue weighted by Gasteiger charge is -2.10. The number of ether oxygens (including phenoxy) is 1. The third-order valence-corrected chi connectivity index (χ3v) is 3.59. The van der Waals surface area contributed by atoms with Gasteiger partial charge in [0.25, 0.3) is 0 Å². The van der Waals surface area contributed by atoms with Gasteiger partial charge in [0, 0.05) is 18.0 Å². The van der Waals surface area contributed by atoms with Gasteiger partial charge in [-0.15, -0.1) is 11.3 Å². The predicted octanol–water partition coefficient (Wildman–Crippen LogP) is 1.11. The Morgan fingerprint density at radius 1 is 1.65 bits per heavy atom. The Kier molecular flexibility index (Phi) is 6.18. The Balaban J connectivity index is 2.12. The quantitative estimate of drug-likeness (QED) is 0.567. The summed E-state index contributed by atoms with van der Waals surface area (Å²) in [5.41, 5.74) is 1.31. The average molecular weight is 257 g/mol. The molecule has 1 unspecified atom stereocenters. The van der Waals surface area contributed by atoms with E-state index in [4.69, 9.17) is 0 Å². The Morgan fingerprint density at radius 3 is 3.00 bits per heavy atom. The first-order valence-corrected chi connectivity index (χ1v) is 6.50. The third-order valence-electron chi connectivity index (χ3n) is 2.51. The van der Waals surface area contributed by atoms with Crippen LogP contribution >= 0.6 is 11.3 Å². The maximum atomic E-state index is 10.9. The highest BCUT2D eigenvalue weighted by molar-refractivity contribution is 7.10. The van der Waals surface area contributed by atoms with Crippen LogP contribution in [-0.4, -0.2) is 37.4 Å². The summed E-state index contributed by atoms with van der Waals surface area (Å²) in [6, 6.07) is 2.10. The van der Waals surface area contributed by atoms with Crippen LogP contribution < -0.4 is 5.32 Å². The lowest BCUT2D eigenvalue weighted by molar-refractivity contribution is -0.142. The smallest absolute Gasteiger partial charge is 0.308 e. The van der Waals surface area contributed by atoms with Crippen molar-refractivity contribution in [3.63, 3.8) is 0 Å². The number of hydrogen-bond donors (Lipinski definition) is 2. The van der Waals surface area contributed by atoms with Gasteiger partial charge in [-0.25, -0.2) is 0 Å². The van der Waals surface area contributed by atoms with E-state index < -0.39 is 6.10 Å². The van der Waals surface area contributed by atoms with Gasteiger partial charge in [-0.1, -0.05) is 0 Å². The summed E-state index contributed by atoms with van der Waals surface area (Å²) in [4.78, 5) is 12.2. The van der Waals surface area contributed by atoms with Gasteiger partial charge in [0.1, 0.15) is 0 Å². The number of methoxy groups -OCH3 is 1. The third kappa shape index (κ3) is 5.30. The number of aryl methyl sites for hydroxylation is 1. The van der Waals surface area contributed by atoms with E-state index >= 15 is 0 Å². The minimum absolute atomic E-state index is 0.0432. The zero-order chi connectivity index (χ0) is 12.7. The molecule has 1 rings (SSSR count). The van der Waals surface area contributed by atoms with E-state index in [1.165, 1.54) is 17.6 Å². The monoisotopic (exact) mass is 257 g/mol. The van der Waals surface area contributed by atoms with Crippen molar-refractivity contribution in [2.45, 2.75) is 25.9 Å². The molecular weight excluding hydrogens is 238 g/mol. The first kappa shape index (κ1) is 14.2. The van der Waals surface area contributed by atoms with Crippen LogP contribution in [0.2, 0.25) is 0 Å². The highest BCUT2D eigenvalue weighted by Gasteiger charge is 2.10. The van der Waals surface area contributed by atoms with Crippen LogP contribution in [0.1, 0.15) is 16.9 Å². The fraction of sp³-hybridized carbons (Fsp3) is 0.583. The van der Waals surface area contributed by atoms with Gasteiger partial charge in [0.2, 0.25) is 0 Å². The van der Waals surface area contributed by atoms with Gasteiger partial charge >= 0.3 is 5.97 Å². The van der Waals surface area contributed by atoms with Crippen molar-refractivity contribution < 1.29 is 14.6 Å². The normalized spacial score (nSPS) is 12.4. The van der Waals surface area contributed by atoms with Gasteiger partial charge in [-0.2, -0.15) is 0 Å². The van der Waals surface area contributed by atoms with Crippen LogP contribution in [0.4, 0.5) is 0 Å². The summed E-state index contributed by atoms with van der Waals surface area (Å²) in [6.45, 7) is 3.32. The molecule has 0 aliphatic heterocycles. The molecule has 0 spiro atoms. The molecule has 0 saturated heterocycles. The van der Waals surface area contributed by atoms with Crippen LogP contribution in [0.25, 0.3) is 0 Å². The van der Waals surface area contributed by atoms with Crippen molar-refractivity contribution in [3.05, 3.63) is 21.9 Å². The highest BCUT2D eigenvalue weighted by atomic mass is 32.1. The maximum absolute atomic E-state index is 10.9. The van der Waals surface area contributed by atoms with E-state index in [2.05, 4.69) is 28.4 Å². The molecule has 1 heterocycles. The number of nitrogens with one attached hydrogen (secondary N) is 1. The van der Waals surface area contributed by atoms with Crippen molar-refractivity contribution in [3.8, 4) is 0 Å². The van der Waals surface area contributed by atoms with Gasteiger partial charge in [0.15, 0.2) is 0 Å². The number of hydrogen-bond acceptors (Lipinski definition) is 5.